The van der Waals surface area contributed by atoms with E-state index >= 15 is 0 Å². The molecule has 2 N–H and O–H groups in total. The van der Waals surface area contributed by atoms with Gasteiger partial charge in [0.05, 0.1) is 26.9 Å². The average Bonchev–Trinajstić information content (AvgIpc) is 3.06. The first-order valence-corrected chi connectivity index (χ1v) is 11.3. The molecule has 1 heterocycles. The number of methoxy groups -OCH3 is 3. The summed E-state index contributed by atoms with van der Waals surface area (Å²) in [6, 6.07) is 12.0. The molecule has 7 heteroatoms. The van der Waals surface area contributed by atoms with E-state index in [0.29, 0.717) is 48.9 Å². The Balaban J connectivity index is 1.78. The van der Waals surface area contributed by atoms with Gasteiger partial charge in [-0.1, -0.05) is 30.3 Å². The Labute approximate surface area is 201 Å². The van der Waals surface area contributed by atoms with Gasteiger partial charge in [-0.25, -0.2) is 4.79 Å². The Morgan fingerprint density at radius 1 is 0.912 bits per heavy atom. The van der Waals surface area contributed by atoms with Gasteiger partial charge < -0.3 is 29.2 Å². The van der Waals surface area contributed by atoms with Crippen molar-refractivity contribution in [1.82, 2.24) is 9.88 Å². The Morgan fingerprint density at radius 2 is 1.62 bits per heavy atom. The first-order valence-electron chi connectivity index (χ1n) is 11.3. The molecule has 0 spiro atoms. The summed E-state index contributed by atoms with van der Waals surface area (Å²) in [5.74, 6) is 0.924. The van der Waals surface area contributed by atoms with Crippen LogP contribution in [0.4, 0.5) is 0 Å². The number of aromatic carboxylic acids is 1. The van der Waals surface area contributed by atoms with E-state index in [1.54, 1.807) is 21.3 Å². The highest BCUT2D eigenvalue weighted by Crippen LogP contribution is 2.39. The minimum absolute atomic E-state index is 0.377. The number of hydrogen-bond donors (Lipinski definition) is 2. The summed E-state index contributed by atoms with van der Waals surface area (Å²) in [7, 11) is 4.79. The molecule has 0 aliphatic carbocycles. The number of nitrogens with one attached hydrogen (secondary N) is 1. The minimum atomic E-state index is -0.900. The van der Waals surface area contributed by atoms with Gasteiger partial charge in [-0.2, -0.15) is 0 Å². The Morgan fingerprint density at radius 3 is 2.24 bits per heavy atom. The van der Waals surface area contributed by atoms with E-state index < -0.39 is 5.97 Å². The number of ether oxygens (including phenoxy) is 3. The van der Waals surface area contributed by atoms with Crippen LogP contribution in [-0.4, -0.2) is 43.5 Å². The zero-order valence-electron chi connectivity index (χ0n) is 20.8. The number of carbonyl (C=O) groups is 1. The van der Waals surface area contributed by atoms with Crippen LogP contribution in [0.2, 0.25) is 0 Å². The highest BCUT2D eigenvalue weighted by molar-refractivity contribution is 5.91. The van der Waals surface area contributed by atoms with Crippen LogP contribution in [0, 0.1) is 20.8 Å². The second-order valence-electron chi connectivity index (χ2n) is 8.26. The smallest absolute Gasteiger partial charge is 0.337 e. The second kappa shape index (κ2) is 11.1. The molecule has 7 nitrogen and oxygen atoms in total. The van der Waals surface area contributed by atoms with Gasteiger partial charge in [0.2, 0.25) is 5.75 Å². The van der Waals surface area contributed by atoms with Crippen molar-refractivity contribution in [1.29, 1.82) is 0 Å². The molecule has 34 heavy (non-hydrogen) atoms. The average molecular weight is 467 g/mol. The molecule has 0 saturated carbocycles. The third kappa shape index (κ3) is 5.04. The van der Waals surface area contributed by atoms with Gasteiger partial charge in [0.1, 0.15) is 0 Å². The van der Waals surface area contributed by atoms with Gasteiger partial charge in [-0.15, -0.1) is 0 Å². The van der Waals surface area contributed by atoms with Gasteiger partial charge in [0.25, 0.3) is 0 Å². The second-order valence-corrected chi connectivity index (χ2v) is 8.26. The molecule has 1 aromatic heterocycles. The molecule has 0 bridgehead atoms. The number of rotatable bonds is 11. The molecule has 2 aromatic carbocycles. The largest absolute Gasteiger partial charge is 0.493 e. The molecule has 0 amide bonds. The number of carboxylic acid groups (broad SMARTS) is 1. The number of nitrogens with zero attached hydrogens (tertiary/aromatic N) is 1. The third-order valence-corrected chi connectivity index (χ3v) is 6.37. The van der Waals surface area contributed by atoms with E-state index in [2.05, 4.69) is 28.9 Å². The molecule has 0 radical (unpaired) electrons. The molecule has 0 fully saturated rings. The summed E-state index contributed by atoms with van der Waals surface area (Å²) in [4.78, 5) is 12.1. The summed E-state index contributed by atoms with van der Waals surface area (Å²) in [5.41, 5.74) is 6.29. The van der Waals surface area contributed by atoms with Crippen LogP contribution in [0.25, 0.3) is 0 Å². The zero-order valence-corrected chi connectivity index (χ0v) is 20.8. The Kier molecular flexibility index (Phi) is 8.23. The lowest BCUT2D eigenvalue weighted by molar-refractivity contribution is 0.0694. The molecule has 0 unspecified atom stereocenters. The molecular formula is C27H34N2O5. The van der Waals surface area contributed by atoms with Crippen LogP contribution in [0.3, 0.4) is 0 Å². The molecule has 0 atom stereocenters. The zero-order chi connectivity index (χ0) is 24.8. The number of aromatic nitrogens is 1. The summed E-state index contributed by atoms with van der Waals surface area (Å²) < 4.78 is 18.5. The van der Waals surface area contributed by atoms with Crippen molar-refractivity contribution in [3.05, 3.63) is 75.6 Å². The lowest BCUT2D eigenvalue weighted by atomic mass is 10.1. The number of hydrogen-bond acceptors (Lipinski definition) is 5. The van der Waals surface area contributed by atoms with Gasteiger partial charge >= 0.3 is 5.97 Å². The van der Waals surface area contributed by atoms with Crippen LogP contribution < -0.4 is 19.5 Å². The lowest BCUT2D eigenvalue weighted by Gasteiger charge is -2.16. The molecular weight excluding hydrogens is 432 g/mol. The Bertz CT molecular complexity index is 1170. The quantitative estimate of drug-likeness (QED) is 0.405. The van der Waals surface area contributed by atoms with Crippen molar-refractivity contribution in [2.45, 2.75) is 40.3 Å². The van der Waals surface area contributed by atoms with Gasteiger partial charge in [-0.3, -0.25) is 0 Å². The predicted octanol–water partition coefficient (Wildman–Crippen LogP) is 4.52. The van der Waals surface area contributed by atoms with E-state index in [-0.39, 0.29) is 0 Å². The molecule has 0 aliphatic heterocycles. The Hall–Kier alpha value is -3.45. The van der Waals surface area contributed by atoms with E-state index in [1.165, 1.54) is 11.1 Å². The van der Waals surface area contributed by atoms with Crippen LogP contribution in [0.15, 0.2) is 36.4 Å². The topological polar surface area (TPSA) is 82.0 Å². The number of carboxylic acids is 1. The first kappa shape index (κ1) is 25.2. The van der Waals surface area contributed by atoms with Crippen LogP contribution in [0.1, 0.15) is 44.0 Å². The van der Waals surface area contributed by atoms with Crippen molar-refractivity contribution < 1.29 is 24.1 Å². The van der Waals surface area contributed by atoms with Crippen molar-refractivity contribution in [2.24, 2.45) is 0 Å². The molecule has 0 saturated heterocycles. The molecule has 3 rings (SSSR count). The van der Waals surface area contributed by atoms with Crippen molar-refractivity contribution >= 4 is 5.97 Å². The monoisotopic (exact) mass is 466 g/mol. The normalized spacial score (nSPS) is 10.9. The van der Waals surface area contributed by atoms with E-state index in [4.69, 9.17) is 14.2 Å². The SMILES string of the molecule is COc1ccc(CCNCc2c(C(=O)O)c(C)n(Cc3ccccc3C)c2C)c(OC)c1OC. The highest BCUT2D eigenvalue weighted by Gasteiger charge is 2.23. The van der Waals surface area contributed by atoms with Crippen molar-refractivity contribution in [3.63, 3.8) is 0 Å². The summed E-state index contributed by atoms with van der Waals surface area (Å²) in [6.07, 6.45) is 0.688. The van der Waals surface area contributed by atoms with Gasteiger partial charge in [0, 0.05) is 30.0 Å². The van der Waals surface area contributed by atoms with Crippen LogP contribution in [-0.2, 0) is 19.5 Å². The van der Waals surface area contributed by atoms with Crippen LogP contribution in [0.5, 0.6) is 17.2 Å². The molecule has 3 aromatic rings. The predicted molar refractivity (Wildman–Crippen MR) is 133 cm³/mol. The fourth-order valence-electron chi connectivity index (χ4n) is 4.44. The summed E-state index contributed by atoms with van der Waals surface area (Å²) in [5, 5.41) is 13.3. The molecule has 182 valence electrons. The number of aryl methyl sites for hydroxylation is 1. The number of benzene rings is 2. The lowest BCUT2D eigenvalue weighted by Crippen LogP contribution is -2.19. The minimum Gasteiger partial charge on any atom is -0.493 e. The fourth-order valence-corrected chi connectivity index (χ4v) is 4.44. The summed E-state index contributed by atoms with van der Waals surface area (Å²) in [6.45, 7) is 7.70. The van der Waals surface area contributed by atoms with E-state index in [0.717, 1.165) is 22.5 Å². The standard InChI is InChI=1S/C27H34N2O5/c1-17-9-7-8-10-21(17)16-29-18(2)22(24(19(29)3)27(30)31)15-28-14-13-20-11-12-23(32-4)26(34-6)25(20)33-5/h7-12,28H,13-16H2,1-6H3,(H,30,31). The van der Waals surface area contributed by atoms with Crippen LogP contribution >= 0.6 is 0 Å². The summed E-state index contributed by atoms with van der Waals surface area (Å²) >= 11 is 0. The first-order chi connectivity index (χ1) is 16.3. The van der Waals surface area contributed by atoms with Gasteiger partial charge in [-0.05, 0) is 56.5 Å². The maximum Gasteiger partial charge on any atom is 0.337 e. The van der Waals surface area contributed by atoms with Gasteiger partial charge in [0.15, 0.2) is 11.5 Å². The molecule has 0 aliphatic rings. The van der Waals surface area contributed by atoms with E-state index in [1.807, 2.05) is 38.1 Å². The highest BCUT2D eigenvalue weighted by atomic mass is 16.5. The van der Waals surface area contributed by atoms with E-state index in [9.17, 15) is 9.90 Å². The van der Waals surface area contributed by atoms with Crippen molar-refractivity contribution in [3.8, 4) is 17.2 Å². The maximum atomic E-state index is 12.1. The third-order valence-electron chi connectivity index (χ3n) is 6.37. The maximum absolute atomic E-state index is 12.1. The van der Waals surface area contributed by atoms with Crippen molar-refractivity contribution in [2.75, 3.05) is 27.9 Å². The fraction of sp³-hybridized carbons (Fsp3) is 0.370.